The van der Waals surface area contributed by atoms with Gasteiger partial charge in [-0.1, -0.05) is 12.1 Å². The van der Waals surface area contributed by atoms with E-state index in [2.05, 4.69) is 5.32 Å². The average molecular weight is 387 g/mol. The van der Waals surface area contributed by atoms with Gasteiger partial charge in [0.15, 0.2) is 15.9 Å². The number of hydrogen-bond donors (Lipinski definition) is 1. The third-order valence-electron chi connectivity index (χ3n) is 3.67. The maximum Gasteiger partial charge on any atom is 0.316 e. The number of ether oxygens (including phenoxy) is 2. The molecule has 1 fully saturated rings. The lowest BCUT2D eigenvalue weighted by molar-refractivity contribution is -0.150. The van der Waals surface area contributed by atoms with Crippen LogP contribution >= 0.6 is 11.8 Å². The van der Waals surface area contributed by atoms with Crippen LogP contribution in [0.3, 0.4) is 0 Å². The molecule has 1 aromatic rings. The molecule has 0 spiro atoms. The molecule has 1 amide bonds. The Balaban J connectivity index is 1.79. The first-order valence-electron chi connectivity index (χ1n) is 7.76. The number of amides is 1. The minimum Gasteiger partial charge on any atom is -0.495 e. The number of rotatable bonds is 7. The van der Waals surface area contributed by atoms with Crippen LogP contribution in [0.5, 0.6) is 5.75 Å². The zero-order valence-corrected chi connectivity index (χ0v) is 15.7. The molecule has 1 N–H and O–H groups in total. The van der Waals surface area contributed by atoms with Crippen molar-refractivity contribution >= 4 is 39.2 Å². The number of sulfone groups is 1. The molecule has 0 aromatic heterocycles. The number of esters is 1. The summed E-state index contributed by atoms with van der Waals surface area (Å²) in [7, 11) is -1.48. The van der Waals surface area contributed by atoms with Gasteiger partial charge in [0.05, 0.1) is 30.1 Å². The second kappa shape index (κ2) is 8.57. The number of thioether (sulfide) groups is 1. The van der Waals surface area contributed by atoms with Gasteiger partial charge in [-0.2, -0.15) is 0 Å². The van der Waals surface area contributed by atoms with Crippen molar-refractivity contribution in [3.8, 4) is 5.75 Å². The summed E-state index contributed by atoms with van der Waals surface area (Å²) in [6.07, 6.45) is -0.422. The summed E-state index contributed by atoms with van der Waals surface area (Å²) in [6, 6.07) is 6.92. The van der Waals surface area contributed by atoms with Crippen molar-refractivity contribution in [2.24, 2.45) is 0 Å². The zero-order valence-electron chi connectivity index (χ0n) is 14.1. The second-order valence-electron chi connectivity index (χ2n) is 5.66. The second-order valence-corrected chi connectivity index (χ2v) is 9.18. The molecule has 2 atom stereocenters. The third-order valence-corrected chi connectivity index (χ3v) is 6.92. The molecule has 1 heterocycles. The summed E-state index contributed by atoms with van der Waals surface area (Å²) >= 11 is 1.25. The van der Waals surface area contributed by atoms with E-state index in [-0.39, 0.29) is 22.5 Å². The van der Waals surface area contributed by atoms with Gasteiger partial charge in [-0.05, 0) is 25.5 Å². The lowest BCUT2D eigenvalue weighted by Crippen LogP contribution is -2.30. The van der Waals surface area contributed by atoms with Crippen LogP contribution in [0.2, 0.25) is 0 Å². The van der Waals surface area contributed by atoms with Crippen LogP contribution < -0.4 is 10.1 Å². The number of carbonyl (C=O) groups is 2. The van der Waals surface area contributed by atoms with Crippen LogP contribution in [-0.4, -0.2) is 56.0 Å². The van der Waals surface area contributed by atoms with Crippen LogP contribution in [0.4, 0.5) is 5.69 Å². The van der Waals surface area contributed by atoms with Crippen molar-refractivity contribution in [3.63, 3.8) is 0 Å². The fourth-order valence-corrected chi connectivity index (χ4v) is 5.77. The van der Waals surface area contributed by atoms with Gasteiger partial charge in [-0.25, -0.2) is 8.42 Å². The van der Waals surface area contributed by atoms with Gasteiger partial charge in [-0.3, -0.25) is 9.59 Å². The predicted octanol–water partition coefficient (Wildman–Crippen LogP) is 1.49. The molecular weight excluding hydrogens is 366 g/mol. The van der Waals surface area contributed by atoms with Crippen LogP contribution in [-0.2, 0) is 24.2 Å². The molecule has 0 radical (unpaired) electrons. The van der Waals surface area contributed by atoms with Gasteiger partial charge in [0, 0.05) is 5.25 Å². The highest BCUT2D eigenvalue weighted by Gasteiger charge is 2.29. The van der Waals surface area contributed by atoms with Crippen molar-refractivity contribution in [2.45, 2.75) is 24.7 Å². The summed E-state index contributed by atoms with van der Waals surface area (Å²) in [5.41, 5.74) is 0.489. The van der Waals surface area contributed by atoms with Gasteiger partial charge in [0.2, 0.25) is 0 Å². The first-order chi connectivity index (χ1) is 11.8. The van der Waals surface area contributed by atoms with Crippen LogP contribution in [0.1, 0.15) is 13.3 Å². The molecule has 1 saturated heterocycles. The normalized spacial score (nSPS) is 19.8. The van der Waals surface area contributed by atoms with Crippen LogP contribution in [0.25, 0.3) is 0 Å². The summed E-state index contributed by atoms with van der Waals surface area (Å²) in [6.45, 7) is 1.48. The summed E-state index contributed by atoms with van der Waals surface area (Å²) in [5.74, 6) is -0.228. The lowest BCUT2D eigenvalue weighted by Gasteiger charge is -2.15. The number of methoxy groups -OCH3 is 1. The Morgan fingerprint density at radius 1 is 1.36 bits per heavy atom. The van der Waals surface area contributed by atoms with Crippen molar-refractivity contribution in [2.75, 3.05) is 29.7 Å². The van der Waals surface area contributed by atoms with E-state index in [4.69, 9.17) is 9.47 Å². The fourth-order valence-electron chi connectivity index (χ4n) is 2.35. The van der Waals surface area contributed by atoms with E-state index in [0.29, 0.717) is 17.9 Å². The van der Waals surface area contributed by atoms with Gasteiger partial charge >= 0.3 is 5.97 Å². The Bertz CT molecular complexity index is 734. The minimum atomic E-state index is -2.97. The molecule has 25 heavy (non-hydrogen) atoms. The maximum absolute atomic E-state index is 12.1. The SMILES string of the molecule is COc1ccccc1NC(=O)[C@H](C)OC(=O)CS[C@H]1CCS(=O)(=O)C1. The maximum atomic E-state index is 12.1. The number of anilines is 1. The largest absolute Gasteiger partial charge is 0.495 e. The molecule has 1 aromatic carbocycles. The third kappa shape index (κ3) is 5.93. The number of hydrogen-bond acceptors (Lipinski definition) is 7. The van der Waals surface area contributed by atoms with Crippen molar-refractivity contribution in [3.05, 3.63) is 24.3 Å². The Hall–Kier alpha value is -1.74. The Kier molecular flexibility index (Phi) is 6.71. The minimum absolute atomic E-state index is 0.0203. The highest BCUT2D eigenvalue weighted by molar-refractivity contribution is 8.02. The highest BCUT2D eigenvalue weighted by atomic mass is 32.2. The van der Waals surface area contributed by atoms with Gasteiger partial charge in [0.25, 0.3) is 5.91 Å². The van der Waals surface area contributed by atoms with E-state index in [0.717, 1.165) is 0 Å². The van der Waals surface area contributed by atoms with Crippen LogP contribution in [0, 0.1) is 0 Å². The number of carbonyl (C=O) groups excluding carboxylic acids is 2. The predicted molar refractivity (Wildman–Crippen MR) is 96.7 cm³/mol. The first kappa shape index (κ1) is 19.6. The number of para-hydroxylation sites is 2. The smallest absolute Gasteiger partial charge is 0.316 e. The molecule has 0 unspecified atom stereocenters. The van der Waals surface area contributed by atoms with Gasteiger partial charge in [-0.15, -0.1) is 11.8 Å². The van der Waals surface area contributed by atoms with E-state index in [1.54, 1.807) is 24.3 Å². The number of nitrogens with one attached hydrogen (secondary N) is 1. The summed E-state index contributed by atoms with van der Waals surface area (Å²) in [5, 5.41) is 2.56. The van der Waals surface area contributed by atoms with E-state index >= 15 is 0 Å². The fraction of sp³-hybridized carbons (Fsp3) is 0.500. The topological polar surface area (TPSA) is 98.8 Å². The summed E-state index contributed by atoms with van der Waals surface area (Å²) < 4.78 is 33.0. The zero-order chi connectivity index (χ0) is 18.4. The Labute approximate surface area is 151 Å². The monoisotopic (exact) mass is 387 g/mol. The number of benzene rings is 1. The molecule has 1 aliphatic rings. The van der Waals surface area contributed by atoms with E-state index in [9.17, 15) is 18.0 Å². The first-order valence-corrected chi connectivity index (χ1v) is 10.6. The van der Waals surface area contributed by atoms with E-state index in [1.807, 2.05) is 0 Å². The van der Waals surface area contributed by atoms with Crippen molar-refractivity contribution in [1.82, 2.24) is 0 Å². The molecule has 0 bridgehead atoms. The highest BCUT2D eigenvalue weighted by Crippen LogP contribution is 2.25. The quantitative estimate of drug-likeness (QED) is 0.708. The molecule has 1 aliphatic heterocycles. The van der Waals surface area contributed by atoms with Crippen molar-refractivity contribution < 1.29 is 27.5 Å². The molecule has 0 saturated carbocycles. The van der Waals surface area contributed by atoms with Gasteiger partial charge in [0.1, 0.15) is 5.75 Å². The molecular formula is C16H21NO6S2. The Morgan fingerprint density at radius 3 is 2.72 bits per heavy atom. The summed E-state index contributed by atoms with van der Waals surface area (Å²) in [4.78, 5) is 24.0. The van der Waals surface area contributed by atoms with Crippen molar-refractivity contribution in [1.29, 1.82) is 0 Å². The molecule has 2 rings (SSSR count). The van der Waals surface area contributed by atoms with Gasteiger partial charge < -0.3 is 14.8 Å². The Morgan fingerprint density at radius 2 is 2.08 bits per heavy atom. The molecule has 0 aliphatic carbocycles. The van der Waals surface area contributed by atoms with E-state index in [1.165, 1.54) is 25.8 Å². The molecule has 9 heteroatoms. The van der Waals surface area contributed by atoms with Crippen LogP contribution in [0.15, 0.2) is 24.3 Å². The standard InChI is InChI=1S/C16H21NO6S2/c1-11(16(19)17-13-5-3-4-6-14(13)22-2)23-15(18)9-24-12-7-8-25(20,21)10-12/h3-6,11-12H,7-10H2,1-2H3,(H,17,19)/t11-,12-/m0/s1. The molecule has 7 nitrogen and oxygen atoms in total. The lowest BCUT2D eigenvalue weighted by atomic mass is 10.2. The van der Waals surface area contributed by atoms with E-state index < -0.39 is 27.8 Å². The molecule has 138 valence electrons. The average Bonchev–Trinajstić information content (AvgIpc) is 2.92.